The summed E-state index contributed by atoms with van der Waals surface area (Å²) in [5, 5.41) is 3.06. The van der Waals surface area contributed by atoms with E-state index in [0.29, 0.717) is 32.0 Å². The lowest BCUT2D eigenvalue weighted by Gasteiger charge is -2.39. The third kappa shape index (κ3) is 8.43. The van der Waals surface area contributed by atoms with Crippen molar-refractivity contribution in [3.05, 3.63) is 0 Å². The average molecular weight is 392 g/mol. The number of alkyl halides is 6. The molecule has 0 aliphatic carbocycles. The number of halogens is 6. The molecule has 1 rings (SSSR count). The molecule has 11 heteroatoms. The number of aliphatic imine (C=N–C) groups is 1. The SMILES string of the molecule is CCNC(=NCCCOCC(F)(F)F)N1CCN(C(C)C(F)(F)F)CC1. The Hall–Kier alpha value is -1.23. The van der Waals surface area contributed by atoms with Gasteiger partial charge in [0.2, 0.25) is 0 Å². The summed E-state index contributed by atoms with van der Waals surface area (Å²) in [4.78, 5) is 7.56. The zero-order chi connectivity index (χ0) is 19.8. The van der Waals surface area contributed by atoms with E-state index in [1.165, 1.54) is 4.90 Å². The van der Waals surface area contributed by atoms with Gasteiger partial charge in [-0.3, -0.25) is 9.89 Å². The third-order valence-corrected chi connectivity index (χ3v) is 3.94. The summed E-state index contributed by atoms with van der Waals surface area (Å²) in [6, 6.07) is -1.49. The van der Waals surface area contributed by atoms with E-state index in [2.05, 4.69) is 15.0 Å². The number of guanidine groups is 1. The molecule has 1 atom stereocenters. The second-order valence-corrected chi connectivity index (χ2v) is 6.00. The Morgan fingerprint density at radius 2 is 1.73 bits per heavy atom. The Labute approximate surface area is 149 Å². The summed E-state index contributed by atoms with van der Waals surface area (Å²) >= 11 is 0. The van der Waals surface area contributed by atoms with Crippen molar-refractivity contribution in [2.24, 2.45) is 4.99 Å². The van der Waals surface area contributed by atoms with Crippen LogP contribution in [0.3, 0.4) is 0 Å². The van der Waals surface area contributed by atoms with Crippen molar-refractivity contribution in [2.45, 2.75) is 38.7 Å². The normalized spacial score (nSPS) is 18.9. The zero-order valence-electron chi connectivity index (χ0n) is 15.0. The van der Waals surface area contributed by atoms with Crippen molar-refractivity contribution < 1.29 is 31.1 Å². The van der Waals surface area contributed by atoms with Crippen LogP contribution in [0.5, 0.6) is 0 Å². The maximum absolute atomic E-state index is 12.8. The van der Waals surface area contributed by atoms with Crippen molar-refractivity contribution >= 4 is 5.96 Å². The fourth-order valence-corrected chi connectivity index (χ4v) is 2.49. The smallest absolute Gasteiger partial charge is 0.372 e. The third-order valence-electron chi connectivity index (χ3n) is 3.94. The Morgan fingerprint density at radius 3 is 2.23 bits per heavy atom. The van der Waals surface area contributed by atoms with E-state index in [1.54, 1.807) is 0 Å². The molecule has 0 aromatic carbocycles. The molecular weight excluding hydrogens is 366 g/mol. The van der Waals surface area contributed by atoms with E-state index in [-0.39, 0.29) is 26.2 Å². The molecular formula is C15H26F6N4O. The summed E-state index contributed by atoms with van der Waals surface area (Å²) in [7, 11) is 0. The van der Waals surface area contributed by atoms with E-state index in [0.717, 1.165) is 6.92 Å². The number of nitrogens with zero attached hydrogens (tertiary/aromatic N) is 3. The van der Waals surface area contributed by atoms with E-state index in [9.17, 15) is 26.3 Å². The van der Waals surface area contributed by atoms with Crippen molar-refractivity contribution in [2.75, 3.05) is 52.5 Å². The highest BCUT2D eigenvalue weighted by Crippen LogP contribution is 2.25. The van der Waals surface area contributed by atoms with Gasteiger partial charge < -0.3 is 15.0 Å². The summed E-state index contributed by atoms with van der Waals surface area (Å²) in [6.45, 7) is 3.87. The van der Waals surface area contributed by atoms with E-state index in [4.69, 9.17) is 0 Å². The monoisotopic (exact) mass is 392 g/mol. The van der Waals surface area contributed by atoms with E-state index >= 15 is 0 Å². The van der Waals surface area contributed by atoms with Crippen LogP contribution in [0, 0.1) is 0 Å². The number of nitrogens with one attached hydrogen (secondary N) is 1. The number of hydrogen-bond acceptors (Lipinski definition) is 3. The molecule has 0 aromatic heterocycles. The second kappa shape index (κ2) is 10.2. The van der Waals surface area contributed by atoms with Gasteiger partial charge in [0.25, 0.3) is 0 Å². The topological polar surface area (TPSA) is 40.1 Å². The van der Waals surface area contributed by atoms with Gasteiger partial charge in [-0.15, -0.1) is 0 Å². The molecule has 0 amide bonds. The highest BCUT2D eigenvalue weighted by Gasteiger charge is 2.41. The summed E-state index contributed by atoms with van der Waals surface area (Å²) in [6.07, 6.45) is -8.27. The Balaban J connectivity index is 2.43. The van der Waals surface area contributed by atoms with Crippen molar-refractivity contribution in [1.82, 2.24) is 15.1 Å². The van der Waals surface area contributed by atoms with Gasteiger partial charge in [-0.1, -0.05) is 0 Å². The molecule has 1 N–H and O–H groups in total. The molecule has 1 heterocycles. The highest BCUT2D eigenvalue weighted by atomic mass is 19.4. The van der Waals surface area contributed by atoms with Crippen LogP contribution in [0.25, 0.3) is 0 Å². The summed E-state index contributed by atoms with van der Waals surface area (Å²) in [5.41, 5.74) is 0. The molecule has 0 radical (unpaired) electrons. The predicted octanol–water partition coefficient (Wildman–Crippen LogP) is 2.49. The van der Waals surface area contributed by atoms with Gasteiger partial charge in [0, 0.05) is 45.9 Å². The molecule has 0 saturated carbocycles. The Bertz CT molecular complexity index is 433. The first-order chi connectivity index (χ1) is 12.0. The molecule has 0 bridgehead atoms. The van der Waals surface area contributed by atoms with Crippen LogP contribution in [-0.2, 0) is 4.74 Å². The molecule has 0 spiro atoms. The maximum Gasteiger partial charge on any atom is 0.411 e. The molecule has 26 heavy (non-hydrogen) atoms. The van der Waals surface area contributed by atoms with Gasteiger partial charge in [0.05, 0.1) is 0 Å². The molecule has 1 fully saturated rings. The minimum atomic E-state index is -4.34. The second-order valence-electron chi connectivity index (χ2n) is 6.00. The van der Waals surface area contributed by atoms with Crippen LogP contribution in [0.2, 0.25) is 0 Å². The van der Waals surface area contributed by atoms with Crippen LogP contribution >= 0.6 is 0 Å². The highest BCUT2D eigenvalue weighted by molar-refractivity contribution is 5.80. The largest absolute Gasteiger partial charge is 0.411 e. The quantitative estimate of drug-likeness (QED) is 0.313. The van der Waals surface area contributed by atoms with Gasteiger partial charge in [0.15, 0.2) is 5.96 Å². The summed E-state index contributed by atoms with van der Waals surface area (Å²) < 4.78 is 78.7. The fourth-order valence-electron chi connectivity index (χ4n) is 2.49. The van der Waals surface area contributed by atoms with Gasteiger partial charge >= 0.3 is 12.4 Å². The van der Waals surface area contributed by atoms with E-state index in [1.807, 2.05) is 11.8 Å². The molecule has 5 nitrogen and oxygen atoms in total. The van der Waals surface area contributed by atoms with Crippen LogP contribution in [0.15, 0.2) is 4.99 Å². The minimum Gasteiger partial charge on any atom is -0.372 e. The summed E-state index contributed by atoms with van der Waals surface area (Å²) in [5.74, 6) is 0.558. The average Bonchev–Trinajstić information content (AvgIpc) is 2.54. The van der Waals surface area contributed by atoms with Gasteiger partial charge in [-0.2, -0.15) is 26.3 Å². The zero-order valence-corrected chi connectivity index (χ0v) is 15.0. The lowest BCUT2D eigenvalue weighted by atomic mass is 10.2. The fraction of sp³-hybridized carbons (Fsp3) is 0.933. The lowest BCUT2D eigenvalue weighted by Crippen LogP contribution is -2.56. The van der Waals surface area contributed by atoms with E-state index < -0.39 is 25.0 Å². The Morgan fingerprint density at radius 1 is 1.12 bits per heavy atom. The number of hydrogen-bond donors (Lipinski definition) is 1. The first-order valence-electron chi connectivity index (χ1n) is 8.53. The minimum absolute atomic E-state index is 0.0563. The van der Waals surface area contributed by atoms with Crippen LogP contribution < -0.4 is 5.32 Å². The number of piperazine rings is 1. The van der Waals surface area contributed by atoms with Gasteiger partial charge in [0.1, 0.15) is 12.6 Å². The van der Waals surface area contributed by atoms with Crippen LogP contribution in [0.1, 0.15) is 20.3 Å². The standard InChI is InChI=1S/C15H26F6N4O/c1-3-22-13(23-5-4-10-26-11-14(16,17)18)25-8-6-24(7-9-25)12(2)15(19,20)21/h12H,3-11H2,1-2H3,(H,22,23). The lowest BCUT2D eigenvalue weighted by molar-refractivity contribution is -0.181. The van der Waals surface area contributed by atoms with Crippen LogP contribution in [-0.4, -0.2) is 86.6 Å². The Kier molecular flexibility index (Phi) is 8.94. The van der Waals surface area contributed by atoms with Gasteiger partial charge in [-0.25, -0.2) is 0 Å². The van der Waals surface area contributed by atoms with Gasteiger partial charge in [-0.05, 0) is 20.3 Å². The maximum atomic E-state index is 12.8. The molecule has 1 unspecified atom stereocenters. The van der Waals surface area contributed by atoms with Crippen molar-refractivity contribution in [1.29, 1.82) is 0 Å². The number of rotatable bonds is 7. The van der Waals surface area contributed by atoms with Crippen molar-refractivity contribution in [3.63, 3.8) is 0 Å². The first kappa shape index (κ1) is 22.8. The molecule has 1 saturated heterocycles. The number of ether oxygens (including phenoxy) is 1. The molecule has 0 aromatic rings. The van der Waals surface area contributed by atoms with Crippen LogP contribution in [0.4, 0.5) is 26.3 Å². The molecule has 1 aliphatic rings. The molecule has 1 aliphatic heterocycles. The van der Waals surface area contributed by atoms with Crippen molar-refractivity contribution in [3.8, 4) is 0 Å². The molecule has 154 valence electrons. The predicted molar refractivity (Wildman–Crippen MR) is 86.1 cm³/mol. The first-order valence-corrected chi connectivity index (χ1v) is 8.53.